The lowest BCUT2D eigenvalue weighted by atomic mass is 9.45. The van der Waals surface area contributed by atoms with Crippen LogP contribution in [0, 0.1) is 40.9 Å². The van der Waals surface area contributed by atoms with Gasteiger partial charge in [-0.2, -0.15) is 0 Å². The van der Waals surface area contributed by atoms with Crippen LogP contribution in [0.1, 0.15) is 58.8 Å². The molecule has 0 radical (unpaired) electrons. The van der Waals surface area contributed by atoms with Crippen LogP contribution in [0.5, 0.6) is 0 Å². The molecule has 4 aliphatic rings. The highest BCUT2D eigenvalue weighted by molar-refractivity contribution is 5.96. The molecule has 1 amide bonds. The Bertz CT molecular complexity index is 953. The molecule has 0 saturated heterocycles. The van der Waals surface area contributed by atoms with E-state index in [4.69, 9.17) is 11.3 Å². The van der Waals surface area contributed by atoms with Crippen molar-refractivity contribution in [3.8, 4) is 12.3 Å². The number of nitrogens with zero attached hydrogens (tertiary/aromatic N) is 1. The number of carbonyl (C=O) groups excluding carboxylic acids is 2. The zero-order valence-electron chi connectivity index (χ0n) is 20.0. The second-order valence-electron chi connectivity index (χ2n) is 10.9. The molecular weight excluding hydrogens is 436 g/mol. The average molecular weight is 473 g/mol. The quantitative estimate of drug-likeness (QED) is 0.341. The molecule has 0 heterocycles. The number of Topliss-reactive ketones (excluding diaryl/α,β-unsaturated/α-hetero) is 1. The van der Waals surface area contributed by atoms with Gasteiger partial charge in [-0.25, -0.2) is 0 Å². The fourth-order valence-electron chi connectivity index (χ4n) is 7.74. The monoisotopic (exact) mass is 472 g/mol. The van der Waals surface area contributed by atoms with Crippen LogP contribution in [0.25, 0.3) is 0 Å². The predicted molar refractivity (Wildman–Crippen MR) is 125 cm³/mol. The Morgan fingerprint density at radius 3 is 2.76 bits per heavy atom. The minimum absolute atomic E-state index is 0.0363. The van der Waals surface area contributed by atoms with Crippen LogP contribution < -0.4 is 5.32 Å². The second-order valence-corrected chi connectivity index (χ2v) is 10.9. The highest BCUT2D eigenvalue weighted by Gasteiger charge is 2.68. The number of rotatable bonds is 6. The smallest absolute Gasteiger partial charge is 0.261 e. The number of oxime groups is 1. The Balaban J connectivity index is 1.52. The normalized spacial score (nSPS) is 42.0. The molecule has 4 aliphatic carbocycles. The number of hydrogen-bond acceptors (Lipinski definition) is 7. The molecule has 0 aromatic rings. The first kappa shape index (κ1) is 24.9. The van der Waals surface area contributed by atoms with Crippen LogP contribution in [0.4, 0.5) is 0 Å². The van der Waals surface area contributed by atoms with Crippen molar-refractivity contribution < 1.29 is 29.7 Å². The first-order valence-electron chi connectivity index (χ1n) is 12.3. The zero-order chi connectivity index (χ0) is 24.7. The fourth-order valence-corrected chi connectivity index (χ4v) is 7.74. The number of allylic oxidation sites excluding steroid dienone is 2. The number of carbonyl (C=O) groups is 2. The van der Waals surface area contributed by atoms with Crippen molar-refractivity contribution in [1.82, 2.24) is 5.32 Å². The van der Waals surface area contributed by atoms with Crippen LogP contribution in [0.3, 0.4) is 0 Å². The van der Waals surface area contributed by atoms with E-state index in [0.717, 1.165) is 31.4 Å². The van der Waals surface area contributed by atoms with Gasteiger partial charge in [0.05, 0.1) is 18.4 Å². The average Bonchev–Trinajstić information content (AvgIpc) is 3.08. The minimum atomic E-state index is -1.58. The Hall–Kier alpha value is -2.21. The van der Waals surface area contributed by atoms with Crippen molar-refractivity contribution in [3.05, 3.63) is 11.6 Å². The lowest BCUT2D eigenvalue weighted by molar-refractivity contribution is -0.181. The van der Waals surface area contributed by atoms with Crippen LogP contribution >= 0.6 is 0 Å². The fraction of sp³-hybridized carbons (Fsp3) is 0.731. The summed E-state index contributed by atoms with van der Waals surface area (Å²) in [4.78, 5) is 29.4. The number of terminal acetylenes is 1. The molecule has 0 aliphatic heterocycles. The lowest BCUT2D eigenvalue weighted by Gasteiger charge is -2.60. The summed E-state index contributed by atoms with van der Waals surface area (Å²) in [6.45, 7) is 3.42. The van der Waals surface area contributed by atoms with E-state index in [1.165, 1.54) is 5.57 Å². The SMILES string of the molecule is C#CCNC(=O)CO/N=C1/C=C2CC[C@@H]3[C@H]([C@@H](O)C[C@@]4(C)[C@H]3CC[C@@]4(O)C(=O)CO)[C@@]2(C)CC1. The summed E-state index contributed by atoms with van der Waals surface area (Å²) in [6, 6.07) is 0. The minimum Gasteiger partial charge on any atom is -0.393 e. The van der Waals surface area contributed by atoms with Gasteiger partial charge in [0.25, 0.3) is 5.91 Å². The first-order chi connectivity index (χ1) is 16.1. The van der Waals surface area contributed by atoms with Gasteiger partial charge >= 0.3 is 0 Å². The number of hydrogen-bond donors (Lipinski definition) is 4. The molecule has 8 nitrogen and oxygen atoms in total. The molecule has 0 aromatic heterocycles. The highest BCUT2D eigenvalue weighted by Crippen LogP contribution is 2.67. The summed E-state index contributed by atoms with van der Waals surface area (Å²) in [6.07, 6.45) is 11.2. The van der Waals surface area contributed by atoms with E-state index < -0.39 is 29.5 Å². The summed E-state index contributed by atoms with van der Waals surface area (Å²) in [5.41, 5.74) is -0.489. The van der Waals surface area contributed by atoms with Crippen molar-refractivity contribution in [2.24, 2.45) is 33.7 Å². The molecule has 186 valence electrons. The van der Waals surface area contributed by atoms with Gasteiger partial charge in [-0.15, -0.1) is 6.42 Å². The number of aliphatic hydroxyl groups is 3. The third kappa shape index (κ3) is 3.78. The largest absolute Gasteiger partial charge is 0.393 e. The van der Waals surface area contributed by atoms with Gasteiger partial charge in [-0.3, -0.25) is 9.59 Å². The number of amides is 1. The Labute approximate surface area is 200 Å². The standard InChI is InChI=1S/C26H36N2O6/c1-4-11-27-22(32)15-34-28-17-7-9-24(2)16(12-17)5-6-18-19-8-10-26(33,21(31)14-29)25(19,3)13-20(30)23(18)24/h1,12,18-20,23,29-30,33H,5-11,13-15H2,2-3H3,(H,27,32)/b28-17+/t18-,19-,20-,23+,24-,25-,26+/m0/s1. The molecule has 0 aromatic carbocycles. The number of nitrogens with one attached hydrogen (secondary N) is 1. The zero-order valence-corrected chi connectivity index (χ0v) is 20.0. The number of aliphatic hydroxyl groups excluding tert-OH is 2. The van der Waals surface area contributed by atoms with Gasteiger partial charge in [-0.05, 0) is 74.2 Å². The number of ketones is 1. The van der Waals surface area contributed by atoms with E-state index in [9.17, 15) is 24.9 Å². The summed E-state index contributed by atoms with van der Waals surface area (Å²) < 4.78 is 0. The van der Waals surface area contributed by atoms with Crippen LogP contribution in [0.15, 0.2) is 16.8 Å². The molecule has 0 spiro atoms. The van der Waals surface area contributed by atoms with E-state index in [-0.39, 0.29) is 42.2 Å². The van der Waals surface area contributed by atoms with E-state index in [0.29, 0.717) is 19.3 Å². The molecule has 3 fully saturated rings. The Morgan fingerprint density at radius 2 is 2.06 bits per heavy atom. The van der Waals surface area contributed by atoms with Crippen molar-refractivity contribution in [2.75, 3.05) is 19.8 Å². The summed E-state index contributed by atoms with van der Waals surface area (Å²) in [7, 11) is 0. The molecule has 0 unspecified atom stereocenters. The van der Waals surface area contributed by atoms with Crippen LogP contribution in [-0.4, -0.2) is 64.2 Å². The third-order valence-corrected chi connectivity index (χ3v) is 9.43. The lowest BCUT2D eigenvalue weighted by Crippen LogP contribution is -2.62. The highest BCUT2D eigenvalue weighted by atomic mass is 16.6. The maximum absolute atomic E-state index is 12.5. The number of fused-ring (bicyclic) bond motifs is 5. The molecule has 3 saturated carbocycles. The van der Waals surface area contributed by atoms with E-state index >= 15 is 0 Å². The predicted octanol–water partition coefficient (Wildman–Crippen LogP) is 1.33. The van der Waals surface area contributed by atoms with Crippen molar-refractivity contribution in [2.45, 2.75) is 70.5 Å². The van der Waals surface area contributed by atoms with Gasteiger partial charge in [0, 0.05) is 5.41 Å². The Kier molecular flexibility index (Phi) is 6.67. The van der Waals surface area contributed by atoms with E-state index in [1.807, 2.05) is 6.92 Å². The topological polar surface area (TPSA) is 128 Å². The molecular formula is C26H36N2O6. The molecule has 8 heteroatoms. The van der Waals surface area contributed by atoms with Crippen LogP contribution in [-0.2, 0) is 14.4 Å². The van der Waals surface area contributed by atoms with Crippen molar-refractivity contribution in [3.63, 3.8) is 0 Å². The van der Waals surface area contributed by atoms with Gasteiger partial charge < -0.3 is 25.5 Å². The molecule has 4 rings (SSSR count). The van der Waals surface area contributed by atoms with Crippen molar-refractivity contribution >= 4 is 17.4 Å². The van der Waals surface area contributed by atoms with Gasteiger partial charge in [-0.1, -0.05) is 30.5 Å². The third-order valence-electron chi connectivity index (χ3n) is 9.43. The van der Waals surface area contributed by atoms with Gasteiger partial charge in [0.1, 0.15) is 12.2 Å². The molecule has 34 heavy (non-hydrogen) atoms. The van der Waals surface area contributed by atoms with Gasteiger partial charge in [0.2, 0.25) is 0 Å². The maximum Gasteiger partial charge on any atom is 0.261 e. The summed E-state index contributed by atoms with van der Waals surface area (Å²) in [5.74, 6) is 1.85. The summed E-state index contributed by atoms with van der Waals surface area (Å²) >= 11 is 0. The van der Waals surface area contributed by atoms with E-state index in [1.54, 1.807) is 0 Å². The Morgan fingerprint density at radius 1 is 1.29 bits per heavy atom. The van der Waals surface area contributed by atoms with Gasteiger partial charge in [0.15, 0.2) is 12.4 Å². The first-order valence-corrected chi connectivity index (χ1v) is 12.3. The maximum atomic E-state index is 12.5. The molecule has 7 atom stereocenters. The second kappa shape index (κ2) is 9.10. The van der Waals surface area contributed by atoms with Crippen LogP contribution in [0.2, 0.25) is 0 Å². The van der Waals surface area contributed by atoms with Crippen molar-refractivity contribution in [1.29, 1.82) is 0 Å². The molecule has 4 N–H and O–H groups in total. The summed E-state index contributed by atoms with van der Waals surface area (Å²) in [5, 5.41) is 38.9. The van der Waals surface area contributed by atoms with E-state index in [2.05, 4.69) is 29.4 Å². The molecule has 0 bridgehead atoms.